The molecule has 0 saturated carbocycles. The molecule has 0 radical (unpaired) electrons. The Hall–Kier alpha value is -2.20. The molecule has 2 bridgehead atoms. The highest BCUT2D eigenvalue weighted by Gasteiger charge is 2.35. The molecule has 150 valence electrons. The molecule has 0 spiro atoms. The van der Waals surface area contributed by atoms with E-state index in [1.54, 1.807) is 16.0 Å². The van der Waals surface area contributed by atoms with Crippen LogP contribution in [0.4, 0.5) is 13.2 Å². The highest BCUT2D eigenvalue weighted by atomic mass is 32.1. The maximum Gasteiger partial charge on any atom is 0.405 e. The number of halogens is 3. The van der Waals surface area contributed by atoms with Gasteiger partial charge < -0.3 is 9.88 Å². The van der Waals surface area contributed by atoms with Crippen LogP contribution < -0.4 is 10.9 Å². The number of alkyl halides is 3. The van der Waals surface area contributed by atoms with Gasteiger partial charge >= 0.3 is 6.18 Å². The van der Waals surface area contributed by atoms with E-state index in [0.29, 0.717) is 6.54 Å². The number of aromatic nitrogens is 2. The van der Waals surface area contributed by atoms with Crippen molar-refractivity contribution >= 4 is 17.4 Å². The molecule has 1 N–H and O–H groups in total. The van der Waals surface area contributed by atoms with E-state index < -0.39 is 24.2 Å². The van der Waals surface area contributed by atoms with Crippen LogP contribution in [0.15, 0.2) is 28.5 Å². The molecular formula is C18H19F3N4O2S. The number of amides is 1. The minimum atomic E-state index is -4.52. The summed E-state index contributed by atoms with van der Waals surface area (Å²) in [5, 5.41) is 3.80. The van der Waals surface area contributed by atoms with Gasteiger partial charge in [-0.2, -0.15) is 13.2 Å². The maximum absolute atomic E-state index is 12.7. The average molecular weight is 412 g/mol. The number of likely N-dealkylation sites (tertiary alicyclic amines) is 1. The fourth-order valence-corrected chi connectivity index (χ4v) is 4.71. The Morgan fingerprint density at radius 2 is 2.11 bits per heavy atom. The molecule has 1 saturated heterocycles. The largest absolute Gasteiger partial charge is 0.405 e. The van der Waals surface area contributed by atoms with Crippen molar-refractivity contribution in [3.63, 3.8) is 0 Å². The second-order valence-electron chi connectivity index (χ2n) is 7.41. The number of carbonyl (C=O) groups is 1. The minimum absolute atomic E-state index is 0.166. The first-order valence-corrected chi connectivity index (χ1v) is 9.83. The van der Waals surface area contributed by atoms with Crippen molar-refractivity contribution in [1.29, 1.82) is 0 Å². The number of hydrogen-bond acceptors (Lipinski definition) is 5. The average Bonchev–Trinajstić information content (AvgIpc) is 3.13. The van der Waals surface area contributed by atoms with Crippen LogP contribution in [-0.4, -0.2) is 45.6 Å². The standard InChI is InChI=1S/C18H19F3N4O2S/c19-18(20,21)10-22-16(26)14-1-2-15-13-3-11(7-25(15)17(14)27)5-24(8-13)6-12-4-23-28-9-12/h1-2,4,9,11,13H,3,5-8,10H2,(H,22,26)/t11-,13+/m0/s1. The zero-order chi connectivity index (χ0) is 19.9. The lowest BCUT2D eigenvalue weighted by atomic mass is 9.83. The number of carbonyl (C=O) groups excluding carboxylic acids is 1. The van der Waals surface area contributed by atoms with Gasteiger partial charge in [-0.25, -0.2) is 4.37 Å². The van der Waals surface area contributed by atoms with E-state index in [4.69, 9.17) is 0 Å². The molecule has 6 nitrogen and oxygen atoms in total. The SMILES string of the molecule is O=C(NCC(F)(F)F)c1ccc2n(c1=O)C[C@H]1C[C@@H]2CN(Cc2cnsc2)C1. The molecular weight excluding hydrogens is 393 g/mol. The van der Waals surface area contributed by atoms with Gasteiger partial charge in [0.2, 0.25) is 0 Å². The quantitative estimate of drug-likeness (QED) is 0.836. The summed E-state index contributed by atoms with van der Waals surface area (Å²) in [5.74, 6) is -0.553. The van der Waals surface area contributed by atoms with E-state index in [-0.39, 0.29) is 17.4 Å². The fourth-order valence-electron chi connectivity index (χ4n) is 4.19. The molecule has 2 atom stereocenters. The number of fused-ring (bicyclic) bond motifs is 4. The molecule has 2 aliphatic heterocycles. The van der Waals surface area contributed by atoms with E-state index in [9.17, 15) is 22.8 Å². The van der Waals surface area contributed by atoms with Crippen LogP contribution in [0.1, 0.15) is 34.0 Å². The molecule has 0 aromatic carbocycles. The van der Waals surface area contributed by atoms with Crippen molar-refractivity contribution in [1.82, 2.24) is 19.2 Å². The molecule has 2 aromatic heterocycles. The monoisotopic (exact) mass is 412 g/mol. The molecule has 0 unspecified atom stereocenters. The van der Waals surface area contributed by atoms with E-state index in [1.807, 2.05) is 11.6 Å². The highest BCUT2D eigenvalue weighted by molar-refractivity contribution is 7.03. The minimum Gasteiger partial charge on any atom is -0.343 e. The van der Waals surface area contributed by atoms with Crippen LogP contribution >= 0.6 is 11.5 Å². The first-order chi connectivity index (χ1) is 13.3. The molecule has 2 aliphatic rings. The second kappa shape index (κ2) is 7.32. The van der Waals surface area contributed by atoms with Gasteiger partial charge in [-0.05, 0) is 41.6 Å². The van der Waals surface area contributed by atoms with Gasteiger partial charge in [0.25, 0.3) is 11.5 Å². The van der Waals surface area contributed by atoms with Crippen molar-refractivity contribution < 1.29 is 18.0 Å². The molecule has 10 heteroatoms. The third-order valence-corrected chi connectivity index (χ3v) is 5.90. The summed E-state index contributed by atoms with van der Waals surface area (Å²) in [4.78, 5) is 27.1. The molecule has 2 aromatic rings. The third-order valence-electron chi connectivity index (χ3n) is 5.26. The Balaban J connectivity index is 1.53. The summed E-state index contributed by atoms with van der Waals surface area (Å²) in [6.07, 6.45) is -1.69. The predicted molar refractivity (Wildman–Crippen MR) is 97.3 cm³/mol. The van der Waals surface area contributed by atoms with Crippen molar-refractivity contribution in [2.45, 2.75) is 31.6 Å². The van der Waals surface area contributed by atoms with Gasteiger partial charge in [-0.15, -0.1) is 0 Å². The fraction of sp³-hybridized carbons (Fsp3) is 0.500. The smallest absolute Gasteiger partial charge is 0.343 e. The first-order valence-electron chi connectivity index (χ1n) is 8.99. The molecule has 4 rings (SSSR count). The Labute approximate surface area is 163 Å². The van der Waals surface area contributed by atoms with Crippen molar-refractivity contribution in [3.05, 3.63) is 50.9 Å². The summed E-state index contributed by atoms with van der Waals surface area (Å²) in [6.45, 7) is 1.47. The lowest BCUT2D eigenvalue weighted by molar-refractivity contribution is -0.123. The topological polar surface area (TPSA) is 67.2 Å². The van der Waals surface area contributed by atoms with Crippen molar-refractivity contribution in [2.75, 3.05) is 19.6 Å². The number of piperidine rings is 1. The lowest BCUT2D eigenvalue weighted by Gasteiger charge is -2.42. The molecule has 1 amide bonds. The zero-order valence-corrected chi connectivity index (χ0v) is 15.7. The van der Waals surface area contributed by atoms with E-state index in [0.717, 1.165) is 31.7 Å². The first kappa shape index (κ1) is 19.1. The number of hydrogen-bond donors (Lipinski definition) is 1. The van der Waals surface area contributed by atoms with Gasteiger partial charge in [0, 0.05) is 49.4 Å². The number of rotatable bonds is 4. The van der Waals surface area contributed by atoms with Gasteiger partial charge in [0.15, 0.2) is 0 Å². The maximum atomic E-state index is 12.7. The number of nitrogens with one attached hydrogen (secondary N) is 1. The summed E-state index contributed by atoms with van der Waals surface area (Å²) in [5.41, 5.74) is 1.26. The molecule has 1 fully saturated rings. The highest BCUT2D eigenvalue weighted by Crippen LogP contribution is 2.35. The van der Waals surface area contributed by atoms with Crippen LogP contribution in [0.3, 0.4) is 0 Å². The van der Waals surface area contributed by atoms with Crippen LogP contribution in [0.25, 0.3) is 0 Å². The Kier molecular flexibility index (Phi) is 5.00. The van der Waals surface area contributed by atoms with Crippen molar-refractivity contribution in [3.8, 4) is 0 Å². The van der Waals surface area contributed by atoms with Gasteiger partial charge in [-0.1, -0.05) is 0 Å². The Bertz CT molecular complexity index is 926. The number of nitrogens with zero attached hydrogens (tertiary/aromatic N) is 3. The Morgan fingerprint density at radius 1 is 1.29 bits per heavy atom. The molecule has 4 heterocycles. The predicted octanol–water partition coefficient (Wildman–Crippen LogP) is 2.22. The summed E-state index contributed by atoms with van der Waals surface area (Å²) >= 11 is 1.42. The normalized spacial score (nSPS) is 22.0. The lowest BCUT2D eigenvalue weighted by Crippen LogP contribution is -2.48. The van der Waals surface area contributed by atoms with Gasteiger partial charge in [0.1, 0.15) is 12.1 Å². The number of pyridine rings is 1. The third kappa shape index (κ3) is 3.97. The molecule has 28 heavy (non-hydrogen) atoms. The summed E-state index contributed by atoms with van der Waals surface area (Å²) in [6, 6.07) is 3.06. The van der Waals surface area contributed by atoms with E-state index in [1.165, 1.54) is 23.2 Å². The van der Waals surface area contributed by atoms with Crippen LogP contribution in [-0.2, 0) is 13.1 Å². The summed E-state index contributed by atoms with van der Waals surface area (Å²) in [7, 11) is 0. The van der Waals surface area contributed by atoms with Crippen LogP contribution in [0.2, 0.25) is 0 Å². The van der Waals surface area contributed by atoms with Gasteiger partial charge in [0.05, 0.1) is 0 Å². The van der Waals surface area contributed by atoms with Crippen molar-refractivity contribution in [2.24, 2.45) is 5.92 Å². The van der Waals surface area contributed by atoms with Crippen LogP contribution in [0.5, 0.6) is 0 Å². The van der Waals surface area contributed by atoms with Gasteiger partial charge in [-0.3, -0.25) is 14.5 Å². The van der Waals surface area contributed by atoms with E-state index >= 15 is 0 Å². The summed E-state index contributed by atoms with van der Waals surface area (Å²) < 4.78 is 42.7. The second-order valence-corrected chi connectivity index (χ2v) is 8.07. The Morgan fingerprint density at radius 3 is 2.82 bits per heavy atom. The zero-order valence-electron chi connectivity index (χ0n) is 14.9. The van der Waals surface area contributed by atoms with E-state index in [2.05, 4.69) is 9.27 Å². The molecule has 0 aliphatic carbocycles. The van der Waals surface area contributed by atoms with Crippen LogP contribution in [0, 0.1) is 5.92 Å².